The monoisotopic (exact) mass is 236 g/mol. The van der Waals surface area contributed by atoms with Crippen LogP contribution in [0.25, 0.3) is 0 Å². The van der Waals surface area contributed by atoms with Gasteiger partial charge in [-0.3, -0.25) is 4.79 Å². The van der Waals surface area contributed by atoms with Gasteiger partial charge in [0.15, 0.2) is 0 Å². The Labute approximate surface area is 104 Å². The zero-order valence-electron chi connectivity index (χ0n) is 11.2. The highest BCUT2D eigenvalue weighted by Gasteiger charge is 2.62. The largest absolute Gasteiger partial charge is 0.337 e. The van der Waals surface area contributed by atoms with Crippen LogP contribution in [0.1, 0.15) is 46.5 Å². The molecule has 0 aromatic carbocycles. The lowest BCUT2D eigenvalue weighted by Crippen LogP contribution is -2.53. The van der Waals surface area contributed by atoms with Gasteiger partial charge in [0.1, 0.15) is 0 Å². The second kappa shape index (κ2) is 3.25. The summed E-state index contributed by atoms with van der Waals surface area (Å²) < 4.78 is 0. The predicted molar refractivity (Wildman–Crippen MR) is 67.3 cm³/mol. The molecular formula is C14H24N2O. The number of likely N-dealkylation sites (tertiary alicyclic amines) is 1. The van der Waals surface area contributed by atoms with Crippen LogP contribution in [-0.2, 0) is 4.79 Å². The van der Waals surface area contributed by atoms with Gasteiger partial charge in [0.2, 0.25) is 5.91 Å². The van der Waals surface area contributed by atoms with Crippen molar-refractivity contribution in [3.05, 3.63) is 0 Å². The third kappa shape index (κ3) is 1.41. The van der Waals surface area contributed by atoms with Crippen molar-refractivity contribution in [3.63, 3.8) is 0 Å². The van der Waals surface area contributed by atoms with Crippen LogP contribution in [0.5, 0.6) is 0 Å². The van der Waals surface area contributed by atoms with E-state index in [4.69, 9.17) is 5.73 Å². The first-order valence-electron chi connectivity index (χ1n) is 6.90. The first-order chi connectivity index (χ1) is 7.84. The van der Waals surface area contributed by atoms with E-state index in [-0.39, 0.29) is 17.4 Å². The summed E-state index contributed by atoms with van der Waals surface area (Å²) in [7, 11) is 0. The van der Waals surface area contributed by atoms with E-state index in [1.54, 1.807) is 0 Å². The third-order valence-electron chi connectivity index (χ3n) is 5.69. The minimum Gasteiger partial charge on any atom is -0.337 e. The highest BCUT2D eigenvalue weighted by molar-refractivity contribution is 5.80. The van der Waals surface area contributed by atoms with Crippen molar-refractivity contribution < 1.29 is 4.79 Å². The van der Waals surface area contributed by atoms with E-state index in [1.807, 2.05) is 0 Å². The maximum absolute atomic E-state index is 12.1. The van der Waals surface area contributed by atoms with Gasteiger partial charge in [-0.1, -0.05) is 20.8 Å². The number of carbonyl (C=O) groups is 1. The molecule has 2 bridgehead atoms. The summed E-state index contributed by atoms with van der Waals surface area (Å²) in [5.74, 6) is 1.08. The minimum absolute atomic E-state index is 0.0565. The predicted octanol–water partition coefficient (Wildman–Crippen LogP) is 1.76. The number of nitrogens with two attached hydrogens (primary N) is 1. The van der Waals surface area contributed by atoms with Crippen molar-refractivity contribution in [2.45, 2.75) is 58.5 Å². The fourth-order valence-corrected chi connectivity index (χ4v) is 5.06. The number of carbonyl (C=O) groups excluding carboxylic acids is 1. The van der Waals surface area contributed by atoms with E-state index < -0.39 is 0 Å². The summed E-state index contributed by atoms with van der Waals surface area (Å²) in [5, 5.41) is 0. The lowest BCUT2D eigenvalue weighted by Gasteiger charge is -2.47. The van der Waals surface area contributed by atoms with Gasteiger partial charge in [-0.2, -0.15) is 0 Å². The number of rotatable bonds is 1. The Morgan fingerprint density at radius 3 is 2.53 bits per heavy atom. The van der Waals surface area contributed by atoms with E-state index >= 15 is 0 Å². The zero-order valence-corrected chi connectivity index (χ0v) is 11.2. The highest BCUT2D eigenvalue weighted by Crippen LogP contribution is 2.64. The molecule has 0 spiro atoms. The van der Waals surface area contributed by atoms with Crippen LogP contribution in [0.15, 0.2) is 0 Å². The molecule has 3 fully saturated rings. The maximum atomic E-state index is 12.1. The standard InChI is InChI=1S/C14H24N2O/c1-13(2)9-4-5-14(3,7-9)12(13)16-8-10(15)6-11(16)17/h9-10,12H,4-8,15H2,1-3H3. The molecule has 1 saturated heterocycles. The summed E-state index contributed by atoms with van der Waals surface area (Å²) in [6.07, 6.45) is 4.47. The second-order valence-corrected chi connectivity index (χ2v) is 7.33. The van der Waals surface area contributed by atoms with Gasteiger partial charge in [-0.15, -0.1) is 0 Å². The molecule has 1 heterocycles. The Balaban J connectivity index is 1.94. The molecule has 2 N–H and O–H groups in total. The van der Waals surface area contributed by atoms with Crippen LogP contribution in [0.3, 0.4) is 0 Å². The molecule has 17 heavy (non-hydrogen) atoms. The molecule has 1 aliphatic heterocycles. The van der Waals surface area contributed by atoms with Crippen molar-refractivity contribution in [2.24, 2.45) is 22.5 Å². The molecular weight excluding hydrogens is 212 g/mol. The molecule has 0 aromatic rings. The quantitative estimate of drug-likeness (QED) is 0.754. The Bertz CT molecular complexity index is 360. The zero-order chi connectivity index (χ0) is 12.4. The van der Waals surface area contributed by atoms with Crippen LogP contribution in [-0.4, -0.2) is 29.4 Å². The van der Waals surface area contributed by atoms with Gasteiger partial charge in [-0.25, -0.2) is 0 Å². The number of fused-ring (bicyclic) bond motifs is 2. The van der Waals surface area contributed by atoms with Crippen LogP contribution in [0.2, 0.25) is 0 Å². The molecule has 4 unspecified atom stereocenters. The lowest BCUT2D eigenvalue weighted by atomic mass is 9.67. The average Bonchev–Trinajstić information content (AvgIpc) is 2.76. The Morgan fingerprint density at radius 1 is 1.35 bits per heavy atom. The fourth-order valence-electron chi connectivity index (χ4n) is 5.06. The van der Waals surface area contributed by atoms with Gasteiger partial charge in [0, 0.05) is 25.0 Å². The lowest BCUT2D eigenvalue weighted by molar-refractivity contribution is -0.135. The first-order valence-corrected chi connectivity index (χ1v) is 6.90. The Hall–Kier alpha value is -0.570. The summed E-state index contributed by atoms with van der Waals surface area (Å²) in [5.41, 5.74) is 6.56. The SMILES string of the molecule is CC12CCC(C1)C(C)(C)C2N1CC(N)CC1=O. The maximum Gasteiger partial charge on any atom is 0.224 e. The normalized spacial score (nSPS) is 48.1. The molecule has 3 nitrogen and oxygen atoms in total. The van der Waals surface area contributed by atoms with Crippen molar-refractivity contribution in [1.82, 2.24) is 4.90 Å². The van der Waals surface area contributed by atoms with E-state index in [0.29, 0.717) is 17.9 Å². The number of hydrogen-bond donors (Lipinski definition) is 1. The topological polar surface area (TPSA) is 46.3 Å². The molecule has 3 rings (SSSR count). The molecule has 3 heteroatoms. The van der Waals surface area contributed by atoms with Crippen molar-refractivity contribution in [2.75, 3.05) is 6.54 Å². The van der Waals surface area contributed by atoms with Crippen LogP contribution >= 0.6 is 0 Å². The molecule has 0 aromatic heterocycles. The van der Waals surface area contributed by atoms with E-state index in [1.165, 1.54) is 19.3 Å². The molecule has 3 aliphatic rings. The molecule has 1 amide bonds. The summed E-state index contributed by atoms with van der Waals surface area (Å²) in [6.45, 7) is 7.85. The molecule has 96 valence electrons. The van der Waals surface area contributed by atoms with Crippen LogP contribution < -0.4 is 5.73 Å². The Morgan fingerprint density at radius 2 is 2.06 bits per heavy atom. The second-order valence-electron chi connectivity index (χ2n) is 7.33. The average molecular weight is 236 g/mol. The smallest absolute Gasteiger partial charge is 0.224 e. The summed E-state index contributed by atoms with van der Waals surface area (Å²) >= 11 is 0. The van der Waals surface area contributed by atoms with Gasteiger partial charge < -0.3 is 10.6 Å². The van der Waals surface area contributed by atoms with E-state index in [2.05, 4.69) is 25.7 Å². The Kier molecular flexibility index (Phi) is 2.20. The van der Waals surface area contributed by atoms with Gasteiger partial charge in [0.05, 0.1) is 0 Å². The fraction of sp³-hybridized carbons (Fsp3) is 0.929. The number of nitrogens with zero attached hydrogens (tertiary/aromatic N) is 1. The van der Waals surface area contributed by atoms with Gasteiger partial charge in [0.25, 0.3) is 0 Å². The highest BCUT2D eigenvalue weighted by atomic mass is 16.2. The van der Waals surface area contributed by atoms with Crippen LogP contribution in [0.4, 0.5) is 0 Å². The van der Waals surface area contributed by atoms with Gasteiger partial charge in [-0.05, 0) is 36.0 Å². The third-order valence-corrected chi connectivity index (χ3v) is 5.69. The summed E-state index contributed by atoms with van der Waals surface area (Å²) in [4.78, 5) is 14.2. The van der Waals surface area contributed by atoms with Gasteiger partial charge >= 0.3 is 0 Å². The minimum atomic E-state index is 0.0565. The number of hydrogen-bond acceptors (Lipinski definition) is 2. The van der Waals surface area contributed by atoms with Crippen molar-refractivity contribution in [3.8, 4) is 0 Å². The molecule has 2 aliphatic carbocycles. The van der Waals surface area contributed by atoms with E-state index in [0.717, 1.165) is 12.5 Å². The van der Waals surface area contributed by atoms with E-state index in [9.17, 15) is 4.79 Å². The van der Waals surface area contributed by atoms with Crippen molar-refractivity contribution >= 4 is 5.91 Å². The molecule has 0 radical (unpaired) electrons. The summed E-state index contributed by atoms with van der Waals surface area (Å²) in [6, 6.07) is 0.468. The first kappa shape index (κ1) is 11.5. The van der Waals surface area contributed by atoms with Crippen molar-refractivity contribution in [1.29, 1.82) is 0 Å². The van der Waals surface area contributed by atoms with Crippen LogP contribution in [0, 0.1) is 16.7 Å². The number of amides is 1. The molecule has 4 atom stereocenters. The molecule has 2 saturated carbocycles.